The molecule has 0 spiro atoms. The van der Waals surface area contributed by atoms with Gasteiger partial charge in [0.25, 0.3) is 5.22 Å². The first kappa shape index (κ1) is 17.4. The van der Waals surface area contributed by atoms with Gasteiger partial charge in [0, 0.05) is 35.4 Å². The number of nitrogens with one attached hydrogen (secondary N) is 1. The Balaban J connectivity index is 1.44. The van der Waals surface area contributed by atoms with Gasteiger partial charge in [0.2, 0.25) is 11.8 Å². The lowest BCUT2D eigenvalue weighted by Gasteiger charge is -2.03. The highest BCUT2D eigenvalue weighted by Gasteiger charge is 2.11. The second kappa shape index (κ2) is 8.64. The molecule has 2 aromatic heterocycles. The molecule has 1 N–H and O–H groups in total. The molecule has 1 aromatic carbocycles. The summed E-state index contributed by atoms with van der Waals surface area (Å²) in [6, 6.07) is 12.8. The molecule has 0 fully saturated rings. The van der Waals surface area contributed by atoms with Crippen molar-refractivity contribution in [2.24, 2.45) is 0 Å². The summed E-state index contributed by atoms with van der Waals surface area (Å²) in [7, 11) is 0. The molecular weight excluding hydrogens is 360 g/mol. The van der Waals surface area contributed by atoms with Crippen molar-refractivity contribution in [1.29, 1.82) is 0 Å². The normalized spacial score (nSPS) is 10.6. The summed E-state index contributed by atoms with van der Waals surface area (Å²) in [5, 5.41) is 11.7. The van der Waals surface area contributed by atoms with E-state index >= 15 is 0 Å². The van der Waals surface area contributed by atoms with E-state index in [9.17, 15) is 4.79 Å². The summed E-state index contributed by atoms with van der Waals surface area (Å²) in [6.07, 6.45) is 2.43. The minimum Gasteiger partial charge on any atom is -0.411 e. The van der Waals surface area contributed by atoms with Gasteiger partial charge in [-0.25, -0.2) is 0 Å². The van der Waals surface area contributed by atoms with Gasteiger partial charge < -0.3 is 9.73 Å². The number of thioether (sulfide) groups is 1. The maximum Gasteiger partial charge on any atom is 0.277 e. The highest BCUT2D eigenvalue weighted by Crippen LogP contribution is 2.24. The van der Waals surface area contributed by atoms with Gasteiger partial charge in [-0.3, -0.25) is 9.78 Å². The number of amides is 1. The lowest BCUT2D eigenvalue weighted by atomic mass is 10.2. The molecule has 0 saturated heterocycles. The number of hydrogen-bond acceptors (Lipinski definition) is 6. The van der Waals surface area contributed by atoms with Gasteiger partial charge in [0.05, 0.1) is 5.75 Å². The van der Waals surface area contributed by atoms with Crippen LogP contribution < -0.4 is 5.32 Å². The molecule has 0 aliphatic heterocycles. The number of benzene rings is 1. The van der Waals surface area contributed by atoms with Crippen LogP contribution in [-0.4, -0.2) is 33.4 Å². The van der Waals surface area contributed by atoms with Crippen molar-refractivity contribution in [2.75, 3.05) is 12.3 Å². The average Bonchev–Trinajstić information content (AvgIpc) is 3.10. The quantitative estimate of drug-likeness (QED) is 0.639. The molecule has 0 aliphatic carbocycles. The van der Waals surface area contributed by atoms with Crippen LogP contribution in [0.2, 0.25) is 5.02 Å². The summed E-state index contributed by atoms with van der Waals surface area (Å²) in [5.74, 6) is 0.520. The third kappa shape index (κ3) is 5.30. The zero-order chi connectivity index (χ0) is 17.5. The highest BCUT2D eigenvalue weighted by atomic mass is 35.5. The number of halogens is 1. The smallest absolute Gasteiger partial charge is 0.277 e. The molecule has 3 aromatic rings. The molecule has 0 aliphatic rings. The maximum atomic E-state index is 11.9. The van der Waals surface area contributed by atoms with Crippen LogP contribution in [0.25, 0.3) is 11.5 Å². The number of pyridine rings is 1. The zero-order valence-electron chi connectivity index (χ0n) is 13.2. The van der Waals surface area contributed by atoms with Gasteiger partial charge in [-0.05, 0) is 36.4 Å². The average molecular weight is 375 g/mol. The van der Waals surface area contributed by atoms with E-state index in [0.29, 0.717) is 29.1 Å². The van der Waals surface area contributed by atoms with Gasteiger partial charge in [0.1, 0.15) is 0 Å². The van der Waals surface area contributed by atoms with E-state index in [0.717, 1.165) is 11.3 Å². The van der Waals surface area contributed by atoms with E-state index in [1.807, 2.05) is 18.2 Å². The van der Waals surface area contributed by atoms with Crippen LogP contribution in [0.5, 0.6) is 0 Å². The van der Waals surface area contributed by atoms with Gasteiger partial charge in [-0.15, -0.1) is 10.2 Å². The van der Waals surface area contributed by atoms with Crippen molar-refractivity contribution in [1.82, 2.24) is 20.5 Å². The molecule has 128 valence electrons. The standard InChI is InChI=1S/C17H15ClN4O2S/c18-13-6-4-12(5-7-13)16-21-22-17(24-16)25-11-15(23)20-10-8-14-3-1-2-9-19-14/h1-7,9H,8,10-11H2,(H,20,23). The van der Waals surface area contributed by atoms with E-state index < -0.39 is 0 Å². The van der Waals surface area contributed by atoms with Gasteiger partial charge >= 0.3 is 0 Å². The van der Waals surface area contributed by atoms with Crippen molar-refractivity contribution in [2.45, 2.75) is 11.6 Å². The fraction of sp³-hybridized carbons (Fsp3) is 0.176. The van der Waals surface area contributed by atoms with Crippen LogP contribution in [-0.2, 0) is 11.2 Å². The van der Waals surface area contributed by atoms with Crippen molar-refractivity contribution in [3.8, 4) is 11.5 Å². The van der Waals surface area contributed by atoms with Crippen molar-refractivity contribution in [3.63, 3.8) is 0 Å². The Morgan fingerprint density at radius 2 is 2.00 bits per heavy atom. The van der Waals surface area contributed by atoms with Crippen LogP contribution in [0.3, 0.4) is 0 Å². The van der Waals surface area contributed by atoms with Gasteiger partial charge in [-0.1, -0.05) is 29.4 Å². The summed E-state index contributed by atoms with van der Waals surface area (Å²) in [4.78, 5) is 16.1. The summed E-state index contributed by atoms with van der Waals surface area (Å²) < 4.78 is 5.54. The first-order chi connectivity index (χ1) is 12.2. The minimum absolute atomic E-state index is 0.0906. The van der Waals surface area contributed by atoms with E-state index in [1.165, 1.54) is 11.8 Å². The van der Waals surface area contributed by atoms with Crippen molar-refractivity contribution < 1.29 is 9.21 Å². The first-order valence-electron chi connectivity index (χ1n) is 7.59. The fourth-order valence-corrected chi connectivity index (χ4v) is 2.75. The number of carbonyl (C=O) groups is 1. The Bertz CT molecular complexity index is 824. The fourth-order valence-electron chi connectivity index (χ4n) is 2.03. The Morgan fingerprint density at radius 1 is 1.16 bits per heavy atom. The number of aromatic nitrogens is 3. The molecule has 0 unspecified atom stereocenters. The largest absolute Gasteiger partial charge is 0.411 e. The van der Waals surface area contributed by atoms with Crippen LogP contribution in [0.1, 0.15) is 5.69 Å². The van der Waals surface area contributed by atoms with Crippen LogP contribution in [0, 0.1) is 0 Å². The SMILES string of the molecule is O=C(CSc1nnc(-c2ccc(Cl)cc2)o1)NCCc1ccccn1. The number of nitrogens with zero attached hydrogens (tertiary/aromatic N) is 3. The van der Waals surface area contributed by atoms with Crippen molar-refractivity contribution in [3.05, 3.63) is 59.4 Å². The van der Waals surface area contributed by atoms with E-state index in [4.69, 9.17) is 16.0 Å². The molecule has 0 saturated carbocycles. The van der Waals surface area contributed by atoms with Crippen LogP contribution in [0.15, 0.2) is 58.3 Å². The summed E-state index contributed by atoms with van der Waals surface area (Å²) in [6.45, 7) is 0.538. The third-order valence-corrected chi connectivity index (χ3v) is 4.32. The molecule has 2 heterocycles. The second-order valence-corrected chi connectivity index (χ2v) is 6.45. The molecule has 25 heavy (non-hydrogen) atoms. The van der Waals surface area contributed by atoms with E-state index in [-0.39, 0.29) is 11.7 Å². The summed E-state index contributed by atoms with van der Waals surface area (Å²) >= 11 is 7.05. The van der Waals surface area contributed by atoms with Crippen molar-refractivity contribution >= 4 is 29.3 Å². The molecule has 1 amide bonds. The molecule has 0 radical (unpaired) electrons. The lowest BCUT2D eigenvalue weighted by Crippen LogP contribution is -2.27. The zero-order valence-corrected chi connectivity index (χ0v) is 14.8. The Labute approximate surface area is 154 Å². The minimum atomic E-state index is -0.0906. The summed E-state index contributed by atoms with van der Waals surface area (Å²) in [5.41, 5.74) is 1.73. The molecule has 0 bridgehead atoms. The van der Waals surface area contributed by atoms with Gasteiger partial charge in [-0.2, -0.15) is 0 Å². The molecule has 6 nitrogen and oxygen atoms in total. The van der Waals surface area contributed by atoms with Crippen LogP contribution in [0.4, 0.5) is 0 Å². The molecule has 0 atom stereocenters. The Morgan fingerprint density at radius 3 is 2.76 bits per heavy atom. The van der Waals surface area contributed by atoms with Crippen LogP contribution >= 0.6 is 23.4 Å². The predicted octanol–water partition coefficient (Wildman–Crippen LogP) is 3.24. The van der Waals surface area contributed by atoms with Gasteiger partial charge in [0.15, 0.2) is 0 Å². The monoisotopic (exact) mass is 374 g/mol. The number of carbonyl (C=O) groups excluding carboxylic acids is 1. The molecule has 3 rings (SSSR count). The maximum absolute atomic E-state index is 11.9. The Hall–Kier alpha value is -2.38. The highest BCUT2D eigenvalue weighted by molar-refractivity contribution is 7.99. The van der Waals surface area contributed by atoms with E-state index in [1.54, 1.807) is 30.5 Å². The number of hydrogen-bond donors (Lipinski definition) is 1. The second-order valence-electron chi connectivity index (χ2n) is 5.09. The Kier molecular flexibility index (Phi) is 6.03. The third-order valence-electron chi connectivity index (χ3n) is 3.25. The lowest BCUT2D eigenvalue weighted by molar-refractivity contribution is -0.118. The van der Waals surface area contributed by atoms with E-state index in [2.05, 4.69) is 20.5 Å². The number of rotatable bonds is 7. The molecular formula is C17H15ClN4O2S. The predicted molar refractivity (Wildman–Crippen MR) is 96.4 cm³/mol. The molecule has 8 heteroatoms. The topological polar surface area (TPSA) is 80.9 Å². The first-order valence-corrected chi connectivity index (χ1v) is 8.96.